The summed E-state index contributed by atoms with van der Waals surface area (Å²) in [5.41, 5.74) is 0.545. The molecule has 13 heteroatoms. The van der Waals surface area contributed by atoms with Crippen LogP contribution in [0, 0.1) is 0 Å². The Morgan fingerprint density at radius 2 is 1.64 bits per heavy atom. The standard InChI is InChI=1S/C23H29NO12/c1-8(22(32)24-13-14(27)16(29)21-20(15(13)28)33-7-34-21)5-10-3-4-12(11(26)6-10)35-23-18(31)17(30)19(36-23)9(2)25/h3-6,13-21,23,26-31H,7H2,1-2H3,(H,24,32)/t13-,14+,15-,16?,17+,18+,19?,20+,21-,23-/m1/s1. The van der Waals surface area contributed by atoms with Gasteiger partial charge in [0.05, 0.1) is 6.04 Å². The van der Waals surface area contributed by atoms with Crippen LogP contribution in [0.25, 0.3) is 6.08 Å². The molecule has 1 aromatic carbocycles. The van der Waals surface area contributed by atoms with Crippen LogP contribution in [0.4, 0.5) is 0 Å². The molecule has 2 saturated heterocycles. The number of phenolic OH excluding ortho intramolecular Hbond substituents is 1. The fourth-order valence-electron chi connectivity index (χ4n) is 4.46. The Labute approximate surface area is 205 Å². The van der Waals surface area contributed by atoms with Crippen LogP contribution in [0.2, 0.25) is 0 Å². The summed E-state index contributed by atoms with van der Waals surface area (Å²) in [6, 6.07) is 2.90. The zero-order valence-corrected chi connectivity index (χ0v) is 19.4. The van der Waals surface area contributed by atoms with E-state index in [0.717, 1.165) is 0 Å². The zero-order valence-electron chi connectivity index (χ0n) is 19.4. The highest BCUT2D eigenvalue weighted by atomic mass is 16.7. The number of aliphatic hydroxyl groups is 5. The number of ether oxygens (including phenoxy) is 4. The molecule has 13 nitrogen and oxygen atoms in total. The number of carbonyl (C=O) groups excluding carboxylic acids is 2. The van der Waals surface area contributed by atoms with Gasteiger partial charge in [-0.1, -0.05) is 6.07 Å². The Morgan fingerprint density at radius 1 is 0.972 bits per heavy atom. The number of nitrogens with one attached hydrogen (secondary N) is 1. The summed E-state index contributed by atoms with van der Waals surface area (Å²) in [6.07, 6.45) is -10.2. The van der Waals surface area contributed by atoms with Gasteiger partial charge in [-0.2, -0.15) is 0 Å². The molecule has 1 saturated carbocycles. The van der Waals surface area contributed by atoms with Crippen molar-refractivity contribution in [3.05, 3.63) is 29.3 Å². The lowest BCUT2D eigenvalue weighted by Gasteiger charge is -2.41. The molecule has 3 fully saturated rings. The van der Waals surface area contributed by atoms with Gasteiger partial charge in [-0.15, -0.1) is 0 Å². The molecule has 1 aliphatic carbocycles. The molecule has 10 atom stereocenters. The average Bonchev–Trinajstić information content (AvgIpc) is 3.43. The second-order valence-corrected chi connectivity index (χ2v) is 9.04. The van der Waals surface area contributed by atoms with E-state index in [1.165, 1.54) is 38.1 Å². The monoisotopic (exact) mass is 511 g/mol. The largest absolute Gasteiger partial charge is 0.504 e. The number of amides is 1. The Bertz CT molecular complexity index is 1030. The van der Waals surface area contributed by atoms with Crippen molar-refractivity contribution >= 4 is 17.8 Å². The first-order valence-electron chi connectivity index (χ1n) is 11.3. The van der Waals surface area contributed by atoms with Crippen molar-refractivity contribution in [1.29, 1.82) is 0 Å². The van der Waals surface area contributed by atoms with Crippen molar-refractivity contribution in [3.8, 4) is 11.5 Å². The highest BCUT2D eigenvalue weighted by Gasteiger charge is 2.53. The van der Waals surface area contributed by atoms with Gasteiger partial charge in [-0.25, -0.2) is 0 Å². The van der Waals surface area contributed by atoms with Crippen LogP contribution in [-0.2, 0) is 23.8 Å². The lowest BCUT2D eigenvalue weighted by atomic mass is 9.83. The van der Waals surface area contributed by atoms with E-state index >= 15 is 0 Å². The van der Waals surface area contributed by atoms with Crippen LogP contribution in [0.1, 0.15) is 19.4 Å². The number of Topliss-reactive ketones (excluding diaryl/α,β-unsaturated/α-hetero) is 1. The predicted molar refractivity (Wildman–Crippen MR) is 118 cm³/mol. The number of aromatic hydroxyl groups is 1. The summed E-state index contributed by atoms with van der Waals surface area (Å²) in [7, 11) is 0. The number of benzene rings is 1. The number of fused-ring (bicyclic) bond motifs is 1. The second-order valence-electron chi connectivity index (χ2n) is 9.04. The third-order valence-electron chi connectivity index (χ3n) is 6.49. The predicted octanol–water partition coefficient (Wildman–Crippen LogP) is -2.47. The number of hydrogen-bond acceptors (Lipinski definition) is 12. The summed E-state index contributed by atoms with van der Waals surface area (Å²) in [5.74, 6) is -1.59. The number of phenols is 1. The van der Waals surface area contributed by atoms with E-state index in [-0.39, 0.29) is 23.9 Å². The van der Waals surface area contributed by atoms with Gasteiger partial charge in [0.1, 0.15) is 55.6 Å². The van der Waals surface area contributed by atoms with E-state index in [9.17, 15) is 40.2 Å². The number of hydrogen-bond donors (Lipinski definition) is 7. The normalized spacial score (nSPS) is 38.5. The molecule has 0 spiro atoms. The van der Waals surface area contributed by atoms with Crippen LogP contribution in [-0.4, -0.2) is 110 Å². The van der Waals surface area contributed by atoms with E-state index in [1.807, 2.05) is 0 Å². The topological polar surface area (TPSA) is 204 Å². The summed E-state index contributed by atoms with van der Waals surface area (Å²) in [5, 5.41) is 63.9. The van der Waals surface area contributed by atoms with E-state index < -0.39 is 72.9 Å². The molecule has 4 rings (SSSR count). The Hall–Kier alpha value is -2.62. The minimum atomic E-state index is -1.51. The SMILES string of the molecule is CC(=O)C1O[C@@H](Oc2ccc(C=C(C)C(=O)N[C@H]3[C@@H](O)[C@@H]4OCO[C@@H]4C(O)[C@H]3O)cc2O)[C@@H](O)[C@@H]1O. The Kier molecular flexibility index (Phi) is 7.64. The van der Waals surface area contributed by atoms with Crippen molar-refractivity contribution < 1.29 is 59.2 Å². The van der Waals surface area contributed by atoms with Gasteiger partial charge in [0, 0.05) is 5.57 Å². The van der Waals surface area contributed by atoms with Crippen molar-refractivity contribution in [1.82, 2.24) is 5.32 Å². The van der Waals surface area contributed by atoms with Gasteiger partial charge in [0.25, 0.3) is 0 Å². The maximum Gasteiger partial charge on any atom is 0.247 e. The molecule has 3 aliphatic rings. The van der Waals surface area contributed by atoms with Crippen molar-refractivity contribution in [2.45, 2.75) is 75.0 Å². The molecule has 0 radical (unpaired) electrons. The third-order valence-corrected chi connectivity index (χ3v) is 6.49. The molecular weight excluding hydrogens is 482 g/mol. The fourth-order valence-corrected chi connectivity index (χ4v) is 4.46. The van der Waals surface area contributed by atoms with Crippen LogP contribution < -0.4 is 10.1 Å². The van der Waals surface area contributed by atoms with Gasteiger partial charge in [0.15, 0.2) is 17.3 Å². The number of ketones is 1. The maximum atomic E-state index is 12.7. The Balaban J connectivity index is 1.41. The van der Waals surface area contributed by atoms with Crippen molar-refractivity contribution in [2.24, 2.45) is 0 Å². The van der Waals surface area contributed by atoms with Crippen molar-refractivity contribution in [2.75, 3.05) is 6.79 Å². The summed E-state index contributed by atoms with van der Waals surface area (Å²) >= 11 is 0. The minimum Gasteiger partial charge on any atom is -0.504 e. The van der Waals surface area contributed by atoms with E-state index in [4.69, 9.17) is 18.9 Å². The molecule has 1 aromatic rings. The number of carbonyl (C=O) groups is 2. The van der Waals surface area contributed by atoms with Crippen molar-refractivity contribution in [3.63, 3.8) is 0 Å². The lowest BCUT2D eigenvalue weighted by molar-refractivity contribution is -0.155. The maximum absolute atomic E-state index is 12.7. The first-order valence-corrected chi connectivity index (χ1v) is 11.3. The fraction of sp³-hybridized carbons (Fsp3) is 0.565. The quantitative estimate of drug-likeness (QED) is 0.199. The molecule has 0 bridgehead atoms. The van der Waals surface area contributed by atoms with Crippen LogP contribution >= 0.6 is 0 Å². The summed E-state index contributed by atoms with van der Waals surface area (Å²) in [4.78, 5) is 24.2. The average molecular weight is 511 g/mol. The van der Waals surface area contributed by atoms with Gasteiger partial charge in [-0.3, -0.25) is 9.59 Å². The number of rotatable bonds is 6. The van der Waals surface area contributed by atoms with Gasteiger partial charge in [0.2, 0.25) is 12.2 Å². The first-order chi connectivity index (χ1) is 17.0. The molecule has 0 aromatic heterocycles. The molecule has 36 heavy (non-hydrogen) atoms. The van der Waals surface area contributed by atoms with Crippen LogP contribution in [0.3, 0.4) is 0 Å². The third kappa shape index (κ3) is 4.96. The van der Waals surface area contributed by atoms with E-state index in [1.54, 1.807) is 0 Å². The molecular formula is C23H29NO12. The minimum absolute atomic E-state index is 0.0921. The van der Waals surface area contributed by atoms with E-state index in [0.29, 0.717) is 5.56 Å². The zero-order chi connectivity index (χ0) is 26.3. The van der Waals surface area contributed by atoms with Gasteiger partial charge >= 0.3 is 0 Å². The lowest BCUT2D eigenvalue weighted by Crippen LogP contribution is -2.67. The highest BCUT2D eigenvalue weighted by Crippen LogP contribution is 2.33. The Morgan fingerprint density at radius 3 is 2.25 bits per heavy atom. The molecule has 7 N–H and O–H groups in total. The molecule has 1 amide bonds. The molecule has 2 heterocycles. The molecule has 2 aliphatic heterocycles. The molecule has 2 unspecified atom stereocenters. The van der Waals surface area contributed by atoms with E-state index in [2.05, 4.69) is 5.32 Å². The summed E-state index contributed by atoms with van der Waals surface area (Å²) < 4.78 is 21.1. The summed E-state index contributed by atoms with van der Waals surface area (Å²) in [6.45, 7) is 2.52. The van der Waals surface area contributed by atoms with Gasteiger partial charge < -0.3 is 54.9 Å². The second kappa shape index (κ2) is 10.4. The van der Waals surface area contributed by atoms with Gasteiger partial charge in [-0.05, 0) is 37.6 Å². The smallest absolute Gasteiger partial charge is 0.247 e. The van der Waals surface area contributed by atoms with Crippen LogP contribution in [0.5, 0.6) is 11.5 Å². The first kappa shape index (κ1) is 26.4. The highest BCUT2D eigenvalue weighted by molar-refractivity contribution is 5.97. The molecule has 198 valence electrons. The number of aliphatic hydroxyl groups excluding tert-OH is 5. The van der Waals surface area contributed by atoms with Crippen LogP contribution in [0.15, 0.2) is 23.8 Å².